The van der Waals surface area contributed by atoms with Crippen LogP contribution in [0, 0.1) is 5.92 Å². The third-order valence-corrected chi connectivity index (χ3v) is 5.64. The highest BCUT2D eigenvalue weighted by Gasteiger charge is 2.35. The third kappa shape index (κ3) is 3.33. The molecule has 0 aromatic heterocycles. The zero-order valence-corrected chi connectivity index (χ0v) is 14.3. The summed E-state index contributed by atoms with van der Waals surface area (Å²) >= 11 is 0. The van der Waals surface area contributed by atoms with Crippen molar-refractivity contribution < 1.29 is 9.59 Å². The van der Waals surface area contributed by atoms with Crippen molar-refractivity contribution in [2.75, 3.05) is 26.2 Å². The second-order valence-electron chi connectivity index (χ2n) is 7.47. The number of aryl methyl sites for hydroxylation is 2. The molecule has 1 saturated heterocycles. The quantitative estimate of drug-likeness (QED) is 0.854. The summed E-state index contributed by atoms with van der Waals surface area (Å²) in [5.74, 6) is 0.781. The first kappa shape index (κ1) is 15.7. The molecule has 0 radical (unpaired) electrons. The lowest BCUT2D eigenvalue weighted by molar-refractivity contribution is -0.140. The van der Waals surface area contributed by atoms with Gasteiger partial charge in [0.2, 0.25) is 11.8 Å². The van der Waals surface area contributed by atoms with Crippen molar-refractivity contribution in [1.82, 2.24) is 9.80 Å². The normalized spacial score (nSPS) is 20.7. The van der Waals surface area contributed by atoms with Crippen LogP contribution in [0.25, 0.3) is 0 Å². The molecule has 0 bridgehead atoms. The first-order valence-electron chi connectivity index (χ1n) is 9.38. The Labute approximate surface area is 143 Å². The highest BCUT2D eigenvalue weighted by molar-refractivity contribution is 5.82. The molecule has 0 atom stereocenters. The number of carbonyl (C=O) groups excluding carboxylic acids is 2. The van der Waals surface area contributed by atoms with Gasteiger partial charge in [0, 0.05) is 32.1 Å². The van der Waals surface area contributed by atoms with Crippen LogP contribution in [0.1, 0.15) is 42.4 Å². The second-order valence-corrected chi connectivity index (χ2v) is 7.47. The molecular formula is C20H26N2O2. The summed E-state index contributed by atoms with van der Waals surface area (Å²) in [5.41, 5.74) is 4.04. The number of hydrogen-bond donors (Lipinski definition) is 0. The Morgan fingerprint density at radius 2 is 1.58 bits per heavy atom. The topological polar surface area (TPSA) is 40.6 Å². The first-order chi connectivity index (χ1) is 11.7. The van der Waals surface area contributed by atoms with Gasteiger partial charge in [0.15, 0.2) is 0 Å². The van der Waals surface area contributed by atoms with Gasteiger partial charge in [0.05, 0.1) is 6.42 Å². The molecule has 1 heterocycles. The number of nitrogens with zero attached hydrogens (tertiary/aromatic N) is 2. The Morgan fingerprint density at radius 1 is 0.917 bits per heavy atom. The molecule has 4 nitrogen and oxygen atoms in total. The lowest BCUT2D eigenvalue weighted by Gasteiger charge is -2.35. The summed E-state index contributed by atoms with van der Waals surface area (Å²) in [6.45, 7) is 2.76. The van der Waals surface area contributed by atoms with Gasteiger partial charge in [0.1, 0.15) is 0 Å². The van der Waals surface area contributed by atoms with Crippen molar-refractivity contribution in [3.05, 3.63) is 34.9 Å². The number of benzene rings is 1. The van der Waals surface area contributed by atoms with Crippen molar-refractivity contribution in [2.45, 2.75) is 44.9 Å². The highest BCUT2D eigenvalue weighted by Crippen LogP contribution is 2.31. The minimum atomic E-state index is 0.198. The van der Waals surface area contributed by atoms with E-state index in [1.807, 2.05) is 9.80 Å². The van der Waals surface area contributed by atoms with Crippen LogP contribution in [0.3, 0.4) is 0 Å². The van der Waals surface area contributed by atoms with Crippen LogP contribution in [-0.2, 0) is 28.9 Å². The summed E-state index contributed by atoms with van der Waals surface area (Å²) in [5, 5.41) is 0. The molecule has 4 heteroatoms. The summed E-state index contributed by atoms with van der Waals surface area (Å²) in [6, 6.07) is 6.57. The van der Waals surface area contributed by atoms with Crippen LogP contribution in [0.2, 0.25) is 0 Å². The SMILES string of the molecule is O=C(Cc1ccc2c(c1)CCCC2)N1CCN(C(=O)C2CC2)CC1. The van der Waals surface area contributed by atoms with E-state index in [0.29, 0.717) is 38.5 Å². The van der Waals surface area contributed by atoms with E-state index in [0.717, 1.165) is 24.8 Å². The zero-order valence-electron chi connectivity index (χ0n) is 14.3. The molecule has 1 aliphatic heterocycles. The number of fused-ring (bicyclic) bond motifs is 1. The summed E-state index contributed by atoms with van der Waals surface area (Å²) in [4.78, 5) is 28.5. The lowest BCUT2D eigenvalue weighted by Crippen LogP contribution is -2.51. The van der Waals surface area contributed by atoms with Gasteiger partial charge in [0.25, 0.3) is 0 Å². The van der Waals surface area contributed by atoms with Gasteiger partial charge in [-0.15, -0.1) is 0 Å². The fourth-order valence-corrected chi connectivity index (χ4v) is 3.95. The van der Waals surface area contributed by atoms with Crippen molar-refractivity contribution in [1.29, 1.82) is 0 Å². The Kier molecular flexibility index (Phi) is 4.30. The molecular weight excluding hydrogens is 300 g/mol. The van der Waals surface area contributed by atoms with Gasteiger partial charge < -0.3 is 9.80 Å². The second kappa shape index (κ2) is 6.58. The van der Waals surface area contributed by atoms with E-state index in [1.54, 1.807) is 0 Å². The maximum atomic E-state index is 12.6. The van der Waals surface area contributed by atoms with Gasteiger partial charge in [-0.25, -0.2) is 0 Å². The smallest absolute Gasteiger partial charge is 0.227 e. The summed E-state index contributed by atoms with van der Waals surface area (Å²) in [7, 11) is 0. The first-order valence-corrected chi connectivity index (χ1v) is 9.38. The predicted molar refractivity (Wildman–Crippen MR) is 92.7 cm³/mol. The molecule has 2 fully saturated rings. The van der Waals surface area contributed by atoms with Crippen LogP contribution in [0.4, 0.5) is 0 Å². The molecule has 128 valence electrons. The average molecular weight is 326 g/mol. The van der Waals surface area contributed by atoms with Crippen LogP contribution >= 0.6 is 0 Å². The number of rotatable bonds is 3. The standard InChI is InChI=1S/C20H26N2O2/c23-19(14-15-5-6-16-3-1-2-4-18(16)13-15)21-9-11-22(12-10-21)20(24)17-7-8-17/h5-6,13,17H,1-4,7-12,14H2. The van der Waals surface area contributed by atoms with E-state index in [9.17, 15) is 9.59 Å². The van der Waals surface area contributed by atoms with Crippen LogP contribution in [0.5, 0.6) is 0 Å². The van der Waals surface area contributed by atoms with Crippen molar-refractivity contribution >= 4 is 11.8 Å². The monoisotopic (exact) mass is 326 g/mol. The van der Waals surface area contributed by atoms with Crippen LogP contribution in [-0.4, -0.2) is 47.8 Å². The highest BCUT2D eigenvalue weighted by atomic mass is 16.2. The molecule has 24 heavy (non-hydrogen) atoms. The minimum absolute atomic E-state index is 0.198. The Balaban J connectivity index is 1.32. The van der Waals surface area contributed by atoms with E-state index in [-0.39, 0.29) is 11.8 Å². The molecule has 1 aromatic carbocycles. The Morgan fingerprint density at radius 3 is 2.29 bits per heavy atom. The number of hydrogen-bond acceptors (Lipinski definition) is 2. The molecule has 3 aliphatic rings. The Bertz CT molecular complexity index is 643. The predicted octanol–water partition coefficient (Wildman–Crippen LogP) is 2.19. The summed E-state index contributed by atoms with van der Waals surface area (Å²) < 4.78 is 0. The number of amides is 2. The van der Waals surface area contributed by atoms with Gasteiger partial charge in [-0.1, -0.05) is 18.2 Å². The van der Waals surface area contributed by atoms with Gasteiger partial charge in [-0.2, -0.15) is 0 Å². The largest absolute Gasteiger partial charge is 0.339 e. The summed E-state index contributed by atoms with van der Waals surface area (Å²) in [6.07, 6.45) is 7.48. The van der Waals surface area contributed by atoms with Crippen LogP contribution in [0.15, 0.2) is 18.2 Å². The maximum absolute atomic E-state index is 12.6. The van der Waals surface area contributed by atoms with Gasteiger partial charge in [-0.3, -0.25) is 9.59 Å². The van der Waals surface area contributed by atoms with Gasteiger partial charge in [-0.05, 0) is 55.2 Å². The van der Waals surface area contributed by atoms with Crippen molar-refractivity contribution in [3.63, 3.8) is 0 Å². The fourth-order valence-electron chi connectivity index (χ4n) is 3.95. The van der Waals surface area contributed by atoms with Gasteiger partial charge >= 0.3 is 0 Å². The molecule has 4 rings (SSSR count). The van der Waals surface area contributed by atoms with Crippen molar-refractivity contribution in [2.24, 2.45) is 5.92 Å². The molecule has 2 amide bonds. The molecule has 0 N–H and O–H groups in total. The lowest BCUT2D eigenvalue weighted by atomic mass is 9.90. The molecule has 1 saturated carbocycles. The van der Waals surface area contributed by atoms with Crippen molar-refractivity contribution in [3.8, 4) is 0 Å². The van der Waals surface area contributed by atoms with E-state index in [2.05, 4.69) is 18.2 Å². The average Bonchev–Trinajstić information content (AvgIpc) is 3.46. The number of piperazine rings is 1. The fraction of sp³-hybridized carbons (Fsp3) is 0.600. The molecule has 0 unspecified atom stereocenters. The third-order valence-electron chi connectivity index (χ3n) is 5.64. The molecule has 2 aliphatic carbocycles. The Hall–Kier alpha value is -1.84. The van der Waals surface area contributed by atoms with E-state index >= 15 is 0 Å². The molecule has 1 aromatic rings. The number of carbonyl (C=O) groups is 2. The minimum Gasteiger partial charge on any atom is -0.339 e. The zero-order chi connectivity index (χ0) is 16.5. The van der Waals surface area contributed by atoms with E-state index in [4.69, 9.17) is 0 Å². The molecule has 0 spiro atoms. The van der Waals surface area contributed by atoms with Crippen LogP contribution < -0.4 is 0 Å². The van der Waals surface area contributed by atoms with E-state index in [1.165, 1.54) is 30.4 Å². The maximum Gasteiger partial charge on any atom is 0.227 e. The van der Waals surface area contributed by atoms with E-state index < -0.39 is 0 Å².